The van der Waals surface area contributed by atoms with Crippen molar-refractivity contribution in [3.63, 3.8) is 0 Å². The van der Waals surface area contributed by atoms with Gasteiger partial charge in [0.05, 0.1) is 12.1 Å². The molecule has 2 rings (SSSR count). The number of hydrogen-bond acceptors (Lipinski definition) is 5. The monoisotopic (exact) mass is 229 g/mol. The van der Waals surface area contributed by atoms with Gasteiger partial charge in [-0.1, -0.05) is 11.6 Å². The van der Waals surface area contributed by atoms with E-state index in [1.807, 2.05) is 6.07 Å². The molecule has 0 unspecified atom stereocenters. The second kappa shape index (κ2) is 3.73. The average Bonchev–Trinajstić information content (AvgIpc) is 2.53. The summed E-state index contributed by atoms with van der Waals surface area (Å²) in [4.78, 5) is 0. The molecule has 1 aromatic heterocycles. The molecule has 74 valence electrons. The maximum absolute atomic E-state index is 9.35. The first-order valence-corrected chi connectivity index (χ1v) is 5.37. The minimum absolute atomic E-state index is 0.0404. The zero-order valence-electron chi connectivity index (χ0n) is 7.20. The molecule has 1 saturated carbocycles. The van der Waals surface area contributed by atoms with E-state index in [1.165, 1.54) is 0 Å². The summed E-state index contributed by atoms with van der Waals surface area (Å²) in [6.07, 6.45) is 1.41. The van der Waals surface area contributed by atoms with E-state index < -0.39 is 0 Å². The lowest BCUT2D eigenvalue weighted by Gasteiger charge is -2.33. The first-order valence-electron chi connectivity index (χ1n) is 4.22. The molecule has 2 atom stereocenters. The normalized spacial score (nSPS) is 25.2. The Labute approximate surface area is 90.3 Å². The van der Waals surface area contributed by atoms with Crippen molar-refractivity contribution in [2.45, 2.75) is 25.0 Å². The van der Waals surface area contributed by atoms with Gasteiger partial charge in [-0.25, -0.2) is 0 Å². The number of halogens is 1. The van der Waals surface area contributed by atoms with E-state index in [0.29, 0.717) is 10.6 Å². The summed E-state index contributed by atoms with van der Waals surface area (Å²) in [6, 6.07) is 2.02. The quantitative estimate of drug-likeness (QED) is 0.809. The number of nitrogens with zero attached hydrogens (tertiary/aromatic N) is 2. The van der Waals surface area contributed by atoms with E-state index >= 15 is 0 Å². The largest absolute Gasteiger partial charge is 0.391 e. The maximum atomic E-state index is 9.35. The van der Waals surface area contributed by atoms with Crippen LogP contribution in [0.5, 0.6) is 0 Å². The Morgan fingerprint density at radius 2 is 2.43 bits per heavy atom. The second-order valence-corrected chi connectivity index (χ2v) is 4.32. The highest BCUT2D eigenvalue weighted by atomic mass is 35.5. The van der Waals surface area contributed by atoms with Crippen LogP contribution in [0.3, 0.4) is 0 Å². The van der Waals surface area contributed by atoms with Crippen LogP contribution in [0.1, 0.15) is 18.4 Å². The third-order valence-corrected chi connectivity index (χ3v) is 3.47. The SMILES string of the molecule is N#Cc1c(Cl)nsc1N[C@@H]1CC[C@H]1O. The fraction of sp³-hybridized carbons (Fsp3) is 0.500. The van der Waals surface area contributed by atoms with Gasteiger partial charge in [-0.15, -0.1) is 0 Å². The van der Waals surface area contributed by atoms with E-state index in [0.717, 1.165) is 24.4 Å². The fourth-order valence-corrected chi connectivity index (χ4v) is 2.28. The van der Waals surface area contributed by atoms with Crippen LogP contribution in [0.2, 0.25) is 5.15 Å². The summed E-state index contributed by atoms with van der Waals surface area (Å²) in [5.74, 6) is 0. The third kappa shape index (κ3) is 1.57. The molecule has 1 heterocycles. The summed E-state index contributed by atoms with van der Waals surface area (Å²) >= 11 is 6.85. The second-order valence-electron chi connectivity index (χ2n) is 3.18. The van der Waals surface area contributed by atoms with Crippen LogP contribution < -0.4 is 5.32 Å². The van der Waals surface area contributed by atoms with Gasteiger partial charge in [-0.3, -0.25) is 0 Å². The Morgan fingerprint density at radius 1 is 1.64 bits per heavy atom. The van der Waals surface area contributed by atoms with Gasteiger partial charge < -0.3 is 10.4 Å². The predicted octanol–water partition coefficient (Wildman–Crippen LogP) is 1.60. The Hall–Kier alpha value is -0.830. The molecule has 0 bridgehead atoms. The molecule has 2 N–H and O–H groups in total. The highest BCUT2D eigenvalue weighted by Gasteiger charge is 2.30. The molecule has 1 aliphatic carbocycles. The molecule has 14 heavy (non-hydrogen) atoms. The van der Waals surface area contributed by atoms with Gasteiger partial charge in [-0.2, -0.15) is 9.64 Å². The molecule has 6 heteroatoms. The lowest BCUT2D eigenvalue weighted by molar-refractivity contribution is 0.0787. The number of hydrogen-bond donors (Lipinski definition) is 2. The molecule has 0 spiro atoms. The molecule has 0 aromatic carbocycles. The van der Waals surface area contributed by atoms with Crippen molar-refractivity contribution >= 4 is 28.1 Å². The molecule has 0 saturated heterocycles. The number of aliphatic hydroxyl groups excluding tert-OH is 1. The number of rotatable bonds is 2. The van der Waals surface area contributed by atoms with Crippen molar-refractivity contribution in [1.29, 1.82) is 5.26 Å². The molecule has 4 nitrogen and oxygen atoms in total. The lowest BCUT2D eigenvalue weighted by Crippen LogP contribution is -2.42. The van der Waals surface area contributed by atoms with Crippen molar-refractivity contribution in [3.8, 4) is 6.07 Å². The summed E-state index contributed by atoms with van der Waals surface area (Å²) < 4.78 is 3.86. The molecule has 1 fully saturated rings. The van der Waals surface area contributed by atoms with Crippen LogP contribution >= 0.6 is 23.1 Å². The van der Waals surface area contributed by atoms with Gasteiger partial charge >= 0.3 is 0 Å². The first kappa shape index (κ1) is 9.71. The Kier molecular flexibility index (Phi) is 2.59. The lowest BCUT2D eigenvalue weighted by atomic mass is 9.89. The Bertz CT molecular complexity index is 386. The van der Waals surface area contributed by atoms with Crippen LogP contribution in [-0.2, 0) is 0 Å². The van der Waals surface area contributed by atoms with E-state index in [9.17, 15) is 5.11 Å². The Balaban J connectivity index is 2.13. The van der Waals surface area contributed by atoms with E-state index in [4.69, 9.17) is 16.9 Å². The van der Waals surface area contributed by atoms with Gasteiger partial charge in [-0.05, 0) is 24.4 Å². The zero-order chi connectivity index (χ0) is 10.1. The molecule has 0 amide bonds. The molecular weight excluding hydrogens is 222 g/mol. The minimum atomic E-state index is -0.317. The van der Waals surface area contributed by atoms with Gasteiger partial charge in [0, 0.05) is 0 Å². The average molecular weight is 230 g/mol. The first-order chi connectivity index (χ1) is 6.72. The maximum Gasteiger partial charge on any atom is 0.162 e. The molecule has 0 radical (unpaired) electrons. The van der Waals surface area contributed by atoms with Gasteiger partial charge in [0.15, 0.2) is 5.15 Å². The predicted molar refractivity (Wildman–Crippen MR) is 54.5 cm³/mol. The van der Waals surface area contributed by atoms with E-state index in [2.05, 4.69) is 9.69 Å². The van der Waals surface area contributed by atoms with Gasteiger partial charge in [0.1, 0.15) is 16.6 Å². The highest BCUT2D eigenvalue weighted by Crippen LogP contribution is 2.31. The van der Waals surface area contributed by atoms with Crippen LogP contribution in [-0.4, -0.2) is 21.6 Å². The van der Waals surface area contributed by atoms with E-state index in [-0.39, 0.29) is 17.3 Å². The van der Waals surface area contributed by atoms with Crippen LogP contribution in [0.15, 0.2) is 0 Å². The summed E-state index contributed by atoms with van der Waals surface area (Å²) in [6.45, 7) is 0. The summed E-state index contributed by atoms with van der Waals surface area (Å²) in [7, 11) is 0. The fourth-order valence-electron chi connectivity index (χ4n) is 1.29. The molecule has 1 aliphatic rings. The summed E-state index contributed by atoms with van der Waals surface area (Å²) in [5.41, 5.74) is 0.371. The minimum Gasteiger partial charge on any atom is -0.391 e. The van der Waals surface area contributed by atoms with Crippen LogP contribution in [0, 0.1) is 11.3 Å². The number of anilines is 1. The smallest absolute Gasteiger partial charge is 0.162 e. The van der Waals surface area contributed by atoms with Gasteiger partial charge in [0.25, 0.3) is 0 Å². The van der Waals surface area contributed by atoms with Crippen molar-refractivity contribution in [2.75, 3.05) is 5.32 Å². The Morgan fingerprint density at radius 3 is 2.93 bits per heavy atom. The van der Waals surface area contributed by atoms with Crippen molar-refractivity contribution in [2.24, 2.45) is 0 Å². The highest BCUT2D eigenvalue weighted by molar-refractivity contribution is 7.10. The third-order valence-electron chi connectivity index (χ3n) is 2.32. The van der Waals surface area contributed by atoms with Crippen LogP contribution in [0.25, 0.3) is 0 Å². The topological polar surface area (TPSA) is 68.9 Å². The van der Waals surface area contributed by atoms with Gasteiger partial charge in [0.2, 0.25) is 0 Å². The van der Waals surface area contributed by atoms with Crippen molar-refractivity contribution in [3.05, 3.63) is 10.7 Å². The van der Waals surface area contributed by atoms with Crippen molar-refractivity contribution in [1.82, 2.24) is 4.37 Å². The number of nitriles is 1. The van der Waals surface area contributed by atoms with Crippen molar-refractivity contribution < 1.29 is 5.11 Å². The molecule has 1 aromatic rings. The standard InChI is InChI=1S/C8H8ClN3OS/c9-7-4(3-10)8(14-12-7)11-5-1-2-6(5)13/h5-6,11,13H,1-2H2/t5-,6-/m1/s1. The molecular formula is C8H8ClN3OS. The molecule has 0 aliphatic heterocycles. The zero-order valence-corrected chi connectivity index (χ0v) is 8.77. The summed E-state index contributed by atoms with van der Waals surface area (Å²) in [5, 5.41) is 22.1. The number of aliphatic hydroxyl groups is 1. The van der Waals surface area contributed by atoms with E-state index in [1.54, 1.807) is 0 Å². The number of aromatic nitrogens is 1. The number of nitrogens with one attached hydrogen (secondary N) is 1. The van der Waals surface area contributed by atoms with Crippen LogP contribution in [0.4, 0.5) is 5.00 Å².